The van der Waals surface area contributed by atoms with Gasteiger partial charge in [0, 0.05) is 0 Å². The third kappa shape index (κ3) is 2.06. The number of rotatable bonds is 1. The van der Waals surface area contributed by atoms with Crippen LogP contribution >= 0.6 is 23.4 Å². The van der Waals surface area contributed by atoms with Gasteiger partial charge in [0.2, 0.25) is 0 Å². The fourth-order valence-corrected chi connectivity index (χ4v) is 2.94. The van der Waals surface area contributed by atoms with Gasteiger partial charge in [-0.1, -0.05) is 17.7 Å². The van der Waals surface area contributed by atoms with Gasteiger partial charge in [0.25, 0.3) is 0 Å². The maximum atomic E-state index is 13.0. The van der Waals surface area contributed by atoms with Crippen molar-refractivity contribution in [1.29, 1.82) is 0 Å². The van der Waals surface area contributed by atoms with E-state index in [9.17, 15) is 4.39 Å². The molecule has 1 saturated heterocycles. The van der Waals surface area contributed by atoms with Crippen molar-refractivity contribution < 1.29 is 4.39 Å². The quantitative estimate of drug-likeness (QED) is 0.823. The minimum atomic E-state index is -0.428. The number of benzene rings is 1. The number of hydrogen-bond acceptors (Lipinski definition) is 3. The molecular formula is C11H9ClFN3S. The molecule has 17 heavy (non-hydrogen) atoms. The monoisotopic (exact) mass is 269 g/mol. The van der Waals surface area contributed by atoms with Gasteiger partial charge < -0.3 is 5.43 Å². The second kappa shape index (κ2) is 4.33. The molecule has 2 N–H and O–H groups in total. The molecule has 0 aliphatic carbocycles. The molecule has 2 heterocycles. The van der Waals surface area contributed by atoms with Gasteiger partial charge >= 0.3 is 0 Å². The van der Waals surface area contributed by atoms with Crippen LogP contribution in [0.15, 0.2) is 34.7 Å². The largest absolute Gasteiger partial charge is 0.308 e. The fraction of sp³-hybridized carbons (Fsp3) is 0.182. The predicted octanol–water partition coefficient (Wildman–Crippen LogP) is 2.61. The van der Waals surface area contributed by atoms with E-state index in [2.05, 4.69) is 27.3 Å². The maximum Gasteiger partial charge on any atom is 0.141 e. The lowest BCUT2D eigenvalue weighted by atomic mass is 10.2. The highest BCUT2D eigenvalue weighted by Crippen LogP contribution is 2.29. The normalized spacial score (nSPS) is 28.5. The first-order chi connectivity index (χ1) is 8.24. The zero-order valence-corrected chi connectivity index (χ0v) is 10.2. The van der Waals surface area contributed by atoms with Crippen molar-refractivity contribution >= 4 is 34.9 Å². The highest BCUT2D eigenvalue weighted by molar-refractivity contribution is 8.03. The number of thioether (sulfide) groups is 1. The van der Waals surface area contributed by atoms with E-state index in [1.165, 1.54) is 12.1 Å². The smallest absolute Gasteiger partial charge is 0.141 e. The van der Waals surface area contributed by atoms with Crippen LogP contribution in [-0.4, -0.2) is 17.1 Å². The number of hydrazine groups is 1. The molecule has 2 aliphatic rings. The SMILES string of the molecule is Fc1ccc(N=C2NNC3C=CSC23)cc1Cl. The first kappa shape index (κ1) is 11.1. The number of amidine groups is 1. The highest BCUT2D eigenvalue weighted by atomic mass is 35.5. The maximum absolute atomic E-state index is 13.0. The van der Waals surface area contributed by atoms with Crippen molar-refractivity contribution in [2.45, 2.75) is 11.3 Å². The van der Waals surface area contributed by atoms with Gasteiger partial charge in [0.1, 0.15) is 11.7 Å². The molecule has 0 spiro atoms. The van der Waals surface area contributed by atoms with Crippen molar-refractivity contribution in [3.8, 4) is 0 Å². The molecule has 6 heteroatoms. The van der Waals surface area contributed by atoms with Crippen molar-refractivity contribution in [1.82, 2.24) is 10.9 Å². The zero-order valence-electron chi connectivity index (χ0n) is 8.65. The summed E-state index contributed by atoms with van der Waals surface area (Å²) >= 11 is 7.42. The van der Waals surface area contributed by atoms with E-state index in [1.807, 2.05) is 0 Å². The summed E-state index contributed by atoms with van der Waals surface area (Å²) in [4.78, 5) is 4.43. The lowest BCUT2D eigenvalue weighted by molar-refractivity contribution is 0.628. The first-order valence-electron chi connectivity index (χ1n) is 5.11. The molecule has 0 bridgehead atoms. The number of fused-ring (bicyclic) bond motifs is 1. The van der Waals surface area contributed by atoms with Gasteiger partial charge in [-0.3, -0.25) is 0 Å². The molecule has 3 nitrogen and oxygen atoms in total. The molecule has 2 aliphatic heterocycles. The minimum Gasteiger partial charge on any atom is -0.308 e. The molecule has 3 rings (SSSR count). The van der Waals surface area contributed by atoms with E-state index in [0.717, 1.165) is 5.84 Å². The van der Waals surface area contributed by atoms with Crippen LogP contribution in [0.1, 0.15) is 0 Å². The Morgan fingerprint density at radius 2 is 2.29 bits per heavy atom. The molecule has 88 valence electrons. The van der Waals surface area contributed by atoms with Gasteiger partial charge in [0.15, 0.2) is 0 Å². The number of nitrogens with zero attached hydrogens (tertiary/aromatic N) is 1. The third-order valence-corrected chi connectivity index (χ3v) is 4.04. The van der Waals surface area contributed by atoms with Gasteiger partial charge in [0.05, 0.1) is 22.0 Å². The average Bonchev–Trinajstić information content (AvgIpc) is 2.88. The van der Waals surface area contributed by atoms with Crippen LogP contribution in [-0.2, 0) is 0 Å². The lowest BCUT2D eigenvalue weighted by Crippen LogP contribution is -2.30. The topological polar surface area (TPSA) is 36.4 Å². The second-order valence-electron chi connectivity index (χ2n) is 3.78. The zero-order chi connectivity index (χ0) is 11.8. The van der Waals surface area contributed by atoms with E-state index in [1.54, 1.807) is 17.8 Å². The van der Waals surface area contributed by atoms with E-state index >= 15 is 0 Å². The summed E-state index contributed by atoms with van der Waals surface area (Å²) in [6, 6.07) is 4.72. The van der Waals surface area contributed by atoms with E-state index in [0.29, 0.717) is 5.69 Å². The molecule has 1 fully saturated rings. The Kier molecular flexibility index (Phi) is 2.82. The molecule has 2 atom stereocenters. The Bertz CT molecular complexity index is 517. The molecule has 0 saturated carbocycles. The van der Waals surface area contributed by atoms with E-state index < -0.39 is 5.82 Å². The Labute approximate surface area is 107 Å². The van der Waals surface area contributed by atoms with Gasteiger partial charge in [-0.05, 0) is 23.6 Å². The summed E-state index contributed by atoms with van der Waals surface area (Å²) in [5, 5.41) is 2.40. The first-order valence-corrected chi connectivity index (χ1v) is 6.43. The molecular weight excluding hydrogens is 261 g/mol. The predicted molar refractivity (Wildman–Crippen MR) is 69.1 cm³/mol. The van der Waals surface area contributed by atoms with Gasteiger partial charge in [-0.15, -0.1) is 11.8 Å². The Morgan fingerprint density at radius 1 is 1.41 bits per heavy atom. The number of hydrogen-bond donors (Lipinski definition) is 2. The summed E-state index contributed by atoms with van der Waals surface area (Å²) < 4.78 is 13.0. The van der Waals surface area contributed by atoms with Crippen LogP contribution in [0.25, 0.3) is 0 Å². The standard InChI is InChI=1S/C11H9ClFN3S/c12-7-5-6(1-2-8(7)13)14-11-10-9(15-16-11)3-4-17-10/h1-5,9-10,15H,(H,14,16). The van der Waals surface area contributed by atoms with Crippen LogP contribution in [0.3, 0.4) is 0 Å². The van der Waals surface area contributed by atoms with Crippen LogP contribution in [0, 0.1) is 5.82 Å². The van der Waals surface area contributed by atoms with Crippen LogP contribution < -0.4 is 10.9 Å². The van der Waals surface area contributed by atoms with Gasteiger partial charge in [-0.2, -0.15) is 0 Å². The molecule has 0 radical (unpaired) electrons. The highest BCUT2D eigenvalue weighted by Gasteiger charge is 2.34. The minimum absolute atomic E-state index is 0.0894. The summed E-state index contributed by atoms with van der Waals surface area (Å²) in [6.07, 6.45) is 2.09. The second-order valence-corrected chi connectivity index (χ2v) is 5.24. The van der Waals surface area contributed by atoms with E-state index in [-0.39, 0.29) is 16.3 Å². The number of aliphatic imine (C=N–C) groups is 1. The molecule has 1 aromatic rings. The summed E-state index contributed by atoms with van der Waals surface area (Å²) in [6.45, 7) is 0. The van der Waals surface area contributed by atoms with Crippen molar-refractivity contribution in [3.05, 3.63) is 40.5 Å². The summed E-state index contributed by atoms with van der Waals surface area (Å²) in [5.74, 6) is 0.413. The molecule has 1 aromatic carbocycles. The van der Waals surface area contributed by atoms with Crippen molar-refractivity contribution in [2.24, 2.45) is 4.99 Å². The Balaban J connectivity index is 1.88. The lowest BCUT2D eigenvalue weighted by Gasteiger charge is -2.05. The van der Waals surface area contributed by atoms with Crippen LogP contribution in [0.5, 0.6) is 0 Å². The average molecular weight is 270 g/mol. The number of halogens is 2. The molecule has 0 aromatic heterocycles. The van der Waals surface area contributed by atoms with Crippen LogP contribution in [0.2, 0.25) is 5.02 Å². The Morgan fingerprint density at radius 3 is 3.12 bits per heavy atom. The van der Waals surface area contributed by atoms with Crippen molar-refractivity contribution in [3.63, 3.8) is 0 Å². The fourth-order valence-electron chi connectivity index (χ4n) is 1.77. The summed E-state index contributed by atoms with van der Waals surface area (Å²) in [7, 11) is 0. The molecule has 2 unspecified atom stereocenters. The Hall–Kier alpha value is -1.04. The number of nitrogens with one attached hydrogen (secondary N) is 2. The van der Waals surface area contributed by atoms with Crippen LogP contribution in [0.4, 0.5) is 10.1 Å². The molecule has 0 amide bonds. The van der Waals surface area contributed by atoms with E-state index in [4.69, 9.17) is 11.6 Å². The third-order valence-electron chi connectivity index (χ3n) is 2.63. The van der Waals surface area contributed by atoms with Crippen molar-refractivity contribution in [2.75, 3.05) is 0 Å². The van der Waals surface area contributed by atoms with Gasteiger partial charge in [-0.25, -0.2) is 14.8 Å². The summed E-state index contributed by atoms with van der Waals surface area (Å²) in [5.41, 5.74) is 6.80.